The summed E-state index contributed by atoms with van der Waals surface area (Å²) >= 11 is 0. The molecule has 2 aromatic carbocycles. The number of hydrogen-bond donors (Lipinski definition) is 2. The molecule has 1 aromatic heterocycles. The monoisotopic (exact) mass is 472 g/mol. The molecule has 0 bridgehead atoms. The molecule has 0 saturated heterocycles. The van der Waals surface area contributed by atoms with Crippen molar-refractivity contribution in [1.82, 2.24) is 30.4 Å². The third-order valence-electron chi connectivity index (χ3n) is 4.74. The van der Waals surface area contributed by atoms with Gasteiger partial charge in [0.05, 0.1) is 6.61 Å². The number of hydrogen-bond acceptors (Lipinski definition) is 6. The maximum absolute atomic E-state index is 13.5. The zero-order valence-electron chi connectivity index (χ0n) is 19.1. The second kappa shape index (κ2) is 10.5. The fraction of sp³-hybridized carbons (Fsp3) is 0.348. The van der Waals surface area contributed by atoms with Crippen LogP contribution in [0, 0.1) is 11.6 Å². The van der Waals surface area contributed by atoms with E-state index in [-0.39, 0.29) is 18.9 Å². The molecule has 0 aliphatic heterocycles. The maximum atomic E-state index is 13.5. The number of aromatic nitrogens is 4. The highest BCUT2D eigenvalue weighted by atomic mass is 19.1. The molecule has 3 rings (SSSR count). The van der Waals surface area contributed by atoms with E-state index in [1.54, 1.807) is 20.8 Å². The van der Waals surface area contributed by atoms with Gasteiger partial charge >= 0.3 is 0 Å². The number of aliphatic hydroxyl groups is 1. The van der Waals surface area contributed by atoms with E-state index in [0.29, 0.717) is 11.1 Å². The molecule has 2 N–H and O–H groups in total. The molecule has 0 aliphatic carbocycles. The Labute approximate surface area is 195 Å². The molecule has 0 radical (unpaired) electrons. The molecule has 3 aromatic rings. The Bertz CT molecular complexity index is 1130. The number of tetrazole rings is 1. The molecular formula is C23H26F2N6O3. The number of rotatable bonds is 8. The molecule has 0 fully saturated rings. The zero-order chi connectivity index (χ0) is 24.9. The average Bonchev–Trinajstić information content (AvgIpc) is 3.22. The highest BCUT2D eigenvalue weighted by Gasteiger charge is 2.33. The van der Waals surface area contributed by atoms with Gasteiger partial charge < -0.3 is 15.3 Å². The fourth-order valence-corrected chi connectivity index (χ4v) is 3.30. The number of nitrogens with one attached hydrogen (secondary N) is 1. The van der Waals surface area contributed by atoms with Gasteiger partial charge in [-0.15, -0.1) is 10.2 Å². The van der Waals surface area contributed by atoms with Gasteiger partial charge in [-0.3, -0.25) is 9.59 Å². The number of halogens is 2. The van der Waals surface area contributed by atoms with Crippen molar-refractivity contribution in [2.45, 2.75) is 38.9 Å². The van der Waals surface area contributed by atoms with Crippen molar-refractivity contribution in [3.63, 3.8) is 0 Å². The molecule has 1 atom stereocenters. The van der Waals surface area contributed by atoms with Crippen LogP contribution in [0.25, 0.3) is 11.4 Å². The minimum Gasteiger partial charge on any atom is -0.395 e. The summed E-state index contributed by atoms with van der Waals surface area (Å²) in [6, 6.07) is 9.58. The Morgan fingerprint density at radius 2 is 1.65 bits per heavy atom. The SMILES string of the molecule is CC(C)(C)NC(=O)C(c1ccc(F)cc1)N(CCO)C(=O)Cn1nnc(-c2ccc(F)cc2)n1. The number of carbonyl (C=O) groups excluding carboxylic acids is 2. The van der Waals surface area contributed by atoms with Gasteiger partial charge in [-0.2, -0.15) is 4.80 Å². The maximum Gasteiger partial charge on any atom is 0.247 e. The van der Waals surface area contributed by atoms with Crippen molar-refractivity contribution in [3.8, 4) is 11.4 Å². The van der Waals surface area contributed by atoms with E-state index < -0.39 is 41.6 Å². The Kier molecular flexibility index (Phi) is 7.67. The molecule has 9 nitrogen and oxygen atoms in total. The van der Waals surface area contributed by atoms with Crippen molar-refractivity contribution in [2.24, 2.45) is 0 Å². The van der Waals surface area contributed by atoms with E-state index in [0.717, 1.165) is 4.80 Å². The van der Waals surface area contributed by atoms with Gasteiger partial charge in [0.2, 0.25) is 17.6 Å². The van der Waals surface area contributed by atoms with E-state index in [4.69, 9.17) is 0 Å². The van der Waals surface area contributed by atoms with Crippen LogP contribution in [0.4, 0.5) is 8.78 Å². The smallest absolute Gasteiger partial charge is 0.247 e. The largest absolute Gasteiger partial charge is 0.395 e. The number of aliphatic hydroxyl groups excluding tert-OH is 1. The van der Waals surface area contributed by atoms with Crippen LogP contribution in [0.5, 0.6) is 0 Å². The Morgan fingerprint density at radius 3 is 2.21 bits per heavy atom. The van der Waals surface area contributed by atoms with E-state index in [9.17, 15) is 23.5 Å². The summed E-state index contributed by atoms with van der Waals surface area (Å²) in [5.41, 5.74) is 0.297. The quantitative estimate of drug-likeness (QED) is 0.519. The minimum absolute atomic E-state index is 0.155. The highest BCUT2D eigenvalue weighted by Crippen LogP contribution is 2.23. The van der Waals surface area contributed by atoms with Gasteiger partial charge in [0.15, 0.2) is 0 Å². The molecule has 34 heavy (non-hydrogen) atoms. The molecule has 1 unspecified atom stereocenters. The normalized spacial score (nSPS) is 12.3. The molecule has 180 valence electrons. The predicted molar refractivity (Wildman–Crippen MR) is 119 cm³/mol. The van der Waals surface area contributed by atoms with Crippen molar-refractivity contribution < 1.29 is 23.5 Å². The minimum atomic E-state index is -1.13. The van der Waals surface area contributed by atoms with Crippen molar-refractivity contribution in [3.05, 3.63) is 65.7 Å². The number of amides is 2. The van der Waals surface area contributed by atoms with Gasteiger partial charge in [-0.05, 0) is 67.9 Å². The average molecular weight is 472 g/mol. The fourth-order valence-electron chi connectivity index (χ4n) is 3.30. The van der Waals surface area contributed by atoms with E-state index in [1.165, 1.54) is 53.4 Å². The second-order valence-corrected chi connectivity index (χ2v) is 8.65. The summed E-state index contributed by atoms with van der Waals surface area (Å²) in [6.45, 7) is 4.45. The van der Waals surface area contributed by atoms with E-state index in [1.807, 2.05) is 0 Å². The lowest BCUT2D eigenvalue weighted by Gasteiger charge is -2.33. The van der Waals surface area contributed by atoms with Crippen LogP contribution in [0.15, 0.2) is 48.5 Å². The second-order valence-electron chi connectivity index (χ2n) is 8.65. The van der Waals surface area contributed by atoms with Crippen LogP contribution in [-0.2, 0) is 16.1 Å². The predicted octanol–water partition coefficient (Wildman–Crippen LogP) is 2.10. The number of carbonyl (C=O) groups is 2. The molecule has 0 saturated carbocycles. The standard InChI is InChI=1S/C23H26F2N6O3/c1-23(2,3)26-22(34)20(15-4-8-17(24)9-5-15)30(12-13-32)19(33)14-31-28-21(27-29-31)16-6-10-18(25)11-7-16/h4-11,20,32H,12-14H2,1-3H3,(H,26,34). The molecule has 11 heteroatoms. The number of nitrogens with zero attached hydrogens (tertiary/aromatic N) is 5. The van der Waals surface area contributed by atoms with Crippen LogP contribution in [0.2, 0.25) is 0 Å². The summed E-state index contributed by atoms with van der Waals surface area (Å²) in [6.07, 6.45) is 0. The van der Waals surface area contributed by atoms with Gasteiger partial charge in [0, 0.05) is 17.6 Å². The first kappa shape index (κ1) is 24.9. The van der Waals surface area contributed by atoms with Gasteiger partial charge in [-0.1, -0.05) is 12.1 Å². The summed E-state index contributed by atoms with van der Waals surface area (Å²) in [5, 5.41) is 24.4. The van der Waals surface area contributed by atoms with E-state index in [2.05, 4.69) is 20.7 Å². The summed E-state index contributed by atoms with van der Waals surface area (Å²) in [7, 11) is 0. The lowest BCUT2D eigenvalue weighted by atomic mass is 10.0. The lowest BCUT2D eigenvalue weighted by Crippen LogP contribution is -2.50. The Balaban J connectivity index is 1.88. The Hall–Kier alpha value is -3.73. The van der Waals surface area contributed by atoms with Crippen LogP contribution in [-0.4, -0.2) is 60.7 Å². The highest BCUT2D eigenvalue weighted by molar-refractivity contribution is 5.89. The molecule has 2 amide bonds. The first-order valence-electron chi connectivity index (χ1n) is 10.6. The molecule has 1 heterocycles. The van der Waals surface area contributed by atoms with Gasteiger partial charge in [-0.25, -0.2) is 8.78 Å². The third-order valence-corrected chi connectivity index (χ3v) is 4.74. The molecular weight excluding hydrogens is 446 g/mol. The first-order chi connectivity index (χ1) is 16.1. The van der Waals surface area contributed by atoms with Gasteiger partial charge in [0.25, 0.3) is 0 Å². The van der Waals surface area contributed by atoms with Crippen LogP contribution < -0.4 is 5.32 Å². The topological polar surface area (TPSA) is 113 Å². The molecule has 0 aliphatic rings. The third kappa shape index (κ3) is 6.41. The summed E-state index contributed by atoms with van der Waals surface area (Å²) < 4.78 is 26.7. The summed E-state index contributed by atoms with van der Waals surface area (Å²) in [4.78, 5) is 28.6. The van der Waals surface area contributed by atoms with Crippen molar-refractivity contribution >= 4 is 11.8 Å². The summed E-state index contributed by atoms with van der Waals surface area (Å²) in [5.74, 6) is -1.75. The zero-order valence-corrected chi connectivity index (χ0v) is 19.1. The lowest BCUT2D eigenvalue weighted by molar-refractivity contribution is -0.142. The first-order valence-corrected chi connectivity index (χ1v) is 10.6. The van der Waals surface area contributed by atoms with E-state index >= 15 is 0 Å². The van der Waals surface area contributed by atoms with Gasteiger partial charge in [0.1, 0.15) is 24.2 Å². The Morgan fingerprint density at radius 1 is 1.06 bits per heavy atom. The molecule has 0 spiro atoms. The number of benzene rings is 2. The van der Waals surface area contributed by atoms with Crippen LogP contribution in [0.3, 0.4) is 0 Å². The van der Waals surface area contributed by atoms with Crippen LogP contribution >= 0.6 is 0 Å². The van der Waals surface area contributed by atoms with Crippen molar-refractivity contribution in [1.29, 1.82) is 0 Å². The van der Waals surface area contributed by atoms with Crippen LogP contribution in [0.1, 0.15) is 32.4 Å². The van der Waals surface area contributed by atoms with Crippen molar-refractivity contribution in [2.75, 3.05) is 13.2 Å².